The van der Waals surface area contributed by atoms with Crippen molar-refractivity contribution in [3.63, 3.8) is 0 Å². The third kappa shape index (κ3) is 3.04. The van der Waals surface area contributed by atoms with Crippen LogP contribution in [0.1, 0.15) is 35.6 Å². The standard InChI is InChI=1S/C17H16ClFO2/c18-15-4-2-5-16(19)14(15)10-21-12-8-7-11-3-1-6-17(20)13(11)9-12/h2,4-5,7-9,17,20H,1,3,6,10H2/t17-/m1/s1. The molecule has 0 spiro atoms. The first-order chi connectivity index (χ1) is 10.1. The molecular formula is C17H16ClFO2. The maximum atomic E-state index is 13.7. The molecule has 1 atom stereocenters. The minimum absolute atomic E-state index is 0.0698. The molecule has 1 aliphatic rings. The Bertz CT molecular complexity index is 637. The third-order valence-electron chi connectivity index (χ3n) is 3.84. The van der Waals surface area contributed by atoms with E-state index < -0.39 is 6.10 Å². The van der Waals surface area contributed by atoms with E-state index in [2.05, 4.69) is 0 Å². The average Bonchev–Trinajstić information content (AvgIpc) is 2.47. The summed E-state index contributed by atoms with van der Waals surface area (Å²) in [4.78, 5) is 0. The fraction of sp³-hybridized carbons (Fsp3) is 0.294. The van der Waals surface area contributed by atoms with Crippen molar-refractivity contribution in [2.24, 2.45) is 0 Å². The lowest BCUT2D eigenvalue weighted by Crippen LogP contribution is -2.09. The Morgan fingerprint density at radius 1 is 1.29 bits per heavy atom. The van der Waals surface area contributed by atoms with Crippen LogP contribution >= 0.6 is 11.6 Å². The number of aliphatic hydroxyl groups excluding tert-OH is 1. The number of aliphatic hydroxyl groups is 1. The molecular weight excluding hydrogens is 291 g/mol. The molecule has 0 saturated heterocycles. The topological polar surface area (TPSA) is 29.5 Å². The number of ether oxygens (including phenoxy) is 1. The first kappa shape index (κ1) is 14.4. The van der Waals surface area contributed by atoms with Gasteiger partial charge in [0, 0.05) is 5.56 Å². The Kier molecular flexibility index (Phi) is 4.13. The van der Waals surface area contributed by atoms with Crippen LogP contribution in [0.25, 0.3) is 0 Å². The summed E-state index contributed by atoms with van der Waals surface area (Å²) in [5, 5.41) is 10.4. The van der Waals surface area contributed by atoms with Gasteiger partial charge >= 0.3 is 0 Å². The molecule has 1 N–H and O–H groups in total. The number of benzene rings is 2. The van der Waals surface area contributed by atoms with Crippen molar-refractivity contribution in [1.29, 1.82) is 0 Å². The highest BCUT2D eigenvalue weighted by molar-refractivity contribution is 6.31. The van der Waals surface area contributed by atoms with Crippen LogP contribution in [0.3, 0.4) is 0 Å². The van der Waals surface area contributed by atoms with Crippen LogP contribution in [0, 0.1) is 5.82 Å². The number of hydrogen-bond acceptors (Lipinski definition) is 2. The molecule has 3 rings (SSSR count). The van der Waals surface area contributed by atoms with Gasteiger partial charge in [-0.25, -0.2) is 4.39 Å². The molecule has 0 fully saturated rings. The van der Waals surface area contributed by atoms with Gasteiger partial charge in [-0.3, -0.25) is 0 Å². The highest BCUT2D eigenvalue weighted by Crippen LogP contribution is 2.32. The first-order valence-electron chi connectivity index (χ1n) is 7.02. The minimum atomic E-state index is -0.436. The van der Waals surface area contributed by atoms with E-state index in [-0.39, 0.29) is 12.4 Å². The van der Waals surface area contributed by atoms with Gasteiger partial charge in [0.25, 0.3) is 0 Å². The van der Waals surface area contributed by atoms with Gasteiger partial charge in [-0.2, -0.15) is 0 Å². The summed E-state index contributed by atoms with van der Waals surface area (Å²) < 4.78 is 19.3. The molecule has 0 bridgehead atoms. The number of rotatable bonds is 3. The van der Waals surface area contributed by atoms with E-state index in [0.29, 0.717) is 16.3 Å². The Balaban J connectivity index is 1.78. The normalized spacial score (nSPS) is 17.4. The first-order valence-corrected chi connectivity index (χ1v) is 7.39. The van der Waals surface area contributed by atoms with Crippen LogP contribution in [0.15, 0.2) is 36.4 Å². The maximum Gasteiger partial charge on any atom is 0.131 e. The maximum absolute atomic E-state index is 13.7. The van der Waals surface area contributed by atoms with Crippen LogP contribution in [-0.2, 0) is 13.0 Å². The Labute approximate surface area is 128 Å². The van der Waals surface area contributed by atoms with E-state index in [1.165, 1.54) is 6.07 Å². The summed E-state index contributed by atoms with van der Waals surface area (Å²) in [6, 6.07) is 10.2. The van der Waals surface area contributed by atoms with Crippen LogP contribution in [-0.4, -0.2) is 5.11 Å². The molecule has 0 radical (unpaired) electrons. The molecule has 0 amide bonds. The third-order valence-corrected chi connectivity index (χ3v) is 4.20. The van der Waals surface area contributed by atoms with Crippen LogP contribution in [0.4, 0.5) is 4.39 Å². The van der Waals surface area contributed by atoms with E-state index >= 15 is 0 Å². The van der Waals surface area contributed by atoms with Crippen molar-refractivity contribution in [3.05, 3.63) is 63.9 Å². The van der Waals surface area contributed by atoms with Gasteiger partial charge in [-0.15, -0.1) is 0 Å². The highest BCUT2D eigenvalue weighted by atomic mass is 35.5. The molecule has 0 aliphatic heterocycles. The predicted molar refractivity (Wildman–Crippen MR) is 80.1 cm³/mol. The van der Waals surface area contributed by atoms with Crippen molar-refractivity contribution < 1.29 is 14.2 Å². The van der Waals surface area contributed by atoms with E-state index in [4.69, 9.17) is 16.3 Å². The van der Waals surface area contributed by atoms with Crippen LogP contribution < -0.4 is 4.74 Å². The average molecular weight is 307 g/mol. The summed E-state index contributed by atoms with van der Waals surface area (Å²) in [7, 11) is 0. The zero-order valence-corrected chi connectivity index (χ0v) is 12.2. The molecule has 0 aromatic heterocycles. The van der Waals surface area contributed by atoms with Gasteiger partial charge in [-0.1, -0.05) is 23.7 Å². The summed E-state index contributed by atoms with van der Waals surface area (Å²) >= 11 is 5.97. The molecule has 1 aliphatic carbocycles. The van der Waals surface area contributed by atoms with Crippen molar-refractivity contribution in [2.45, 2.75) is 32.0 Å². The van der Waals surface area contributed by atoms with E-state index in [9.17, 15) is 9.50 Å². The molecule has 0 unspecified atom stereocenters. The zero-order chi connectivity index (χ0) is 14.8. The summed E-state index contributed by atoms with van der Waals surface area (Å²) in [6.45, 7) is 0.0698. The zero-order valence-electron chi connectivity index (χ0n) is 11.5. The fourth-order valence-corrected chi connectivity index (χ4v) is 2.89. The minimum Gasteiger partial charge on any atom is -0.489 e. The smallest absolute Gasteiger partial charge is 0.131 e. The van der Waals surface area contributed by atoms with Gasteiger partial charge in [0.1, 0.15) is 18.2 Å². The molecule has 2 aromatic rings. The SMILES string of the molecule is O[C@@H]1CCCc2ccc(OCc3c(F)cccc3Cl)cc21. The fourth-order valence-electron chi connectivity index (χ4n) is 2.67. The van der Waals surface area contributed by atoms with Crippen LogP contribution in [0.2, 0.25) is 5.02 Å². The Morgan fingerprint density at radius 3 is 2.95 bits per heavy atom. The summed E-state index contributed by atoms with van der Waals surface area (Å²) in [5.74, 6) is 0.245. The second kappa shape index (κ2) is 6.04. The monoisotopic (exact) mass is 306 g/mol. The number of aryl methyl sites for hydroxylation is 1. The van der Waals surface area contributed by atoms with E-state index in [1.54, 1.807) is 12.1 Å². The molecule has 4 heteroatoms. The highest BCUT2D eigenvalue weighted by Gasteiger charge is 2.18. The van der Waals surface area contributed by atoms with E-state index in [1.807, 2.05) is 18.2 Å². The second-order valence-corrected chi connectivity index (χ2v) is 5.66. The molecule has 0 saturated carbocycles. The molecule has 2 nitrogen and oxygen atoms in total. The molecule has 0 heterocycles. The number of hydrogen-bond donors (Lipinski definition) is 1. The van der Waals surface area contributed by atoms with Gasteiger partial charge in [0.05, 0.1) is 11.1 Å². The second-order valence-electron chi connectivity index (χ2n) is 5.26. The largest absolute Gasteiger partial charge is 0.489 e. The molecule has 21 heavy (non-hydrogen) atoms. The van der Waals surface area contributed by atoms with Crippen molar-refractivity contribution in [2.75, 3.05) is 0 Å². The predicted octanol–water partition coefficient (Wildman–Crippen LogP) is 4.43. The molecule has 110 valence electrons. The van der Waals surface area contributed by atoms with Crippen molar-refractivity contribution in [1.82, 2.24) is 0 Å². The number of halogens is 2. The van der Waals surface area contributed by atoms with Gasteiger partial charge in [0.2, 0.25) is 0 Å². The van der Waals surface area contributed by atoms with Gasteiger partial charge < -0.3 is 9.84 Å². The van der Waals surface area contributed by atoms with Crippen LogP contribution in [0.5, 0.6) is 5.75 Å². The lowest BCUT2D eigenvalue weighted by atomic mass is 9.89. The van der Waals surface area contributed by atoms with Gasteiger partial charge in [0.15, 0.2) is 0 Å². The Hall–Kier alpha value is -1.58. The molecule has 2 aromatic carbocycles. The lowest BCUT2D eigenvalue weighted by molar-refractivity contribution is 0.156. The van der Waals surface area contributed by atoms with Crippen molar-refractivity contribution >= 4 is 11.6 Å². The lowest BCUT2D eigenvalue weighted by Gasteiger charge is -2.22. The van der Waals surface area contributed by atoms with Gasteiger partial charge in [-0.05, 0) is 54.7 Å². The quantitative estimate of drug-likeness (QED) is 0.909. The van der Waals surface area contributed by atoms with Crippen molar-refractivity contribution in [3.8, 4) is 5.75 Å². The Morgan fingerprint density at radius 2 is 2.14 bits per heavy atom. The number of fused-ring (bicyclic) bond motifs is 1. The summed E-state index contributed by atoms with van der Waals surface area (Å²) in [6.07, 6.45) is 2.31. The van der Waals surface area contributed by atoms with E-state index in [0.717, 1.165) is 30.4 Å². The summed E-state index contributed by atoms with van der Waals surface area (Å²) in [5.41, 5.74) is 2.42.